The summed E-state index contributed by atoms with van der Waals surface area (Å²) in [4.78, 5) is 35.2. The molecule has 0 aliphatic heterocycles. The first-order valence-corrected chi connectivity index (χ1v) is 21.9. The molecular weight excluding hydrogens is 677 g/mol. The van der Waals surface area contributed by atoms with Crippen molar-refractivity contribution < 1.29 is 42.1 Å². The number of phosphoric acid groups is 1. The minimum absolute atomic E-state index is 0.0210. The van der Waals surface area contributed by atoms with Crippen molar-refractivity contribution in [1.29, 1.82) is 0 Å². The van der Waals surface area contributed by atoms with E-state index in [1.807, 2.05) is 27.2 Å². The second kappa shape index (κ2) is 34.7. The maximum Gasteiger partial charge on any atom is 0.472 e. The van der Waals surface area contributed by atoms with E-state index >= 15 is 0 Å². The Labute approximate surface area is 318 Å². The Kier molecular flexibility index (Phi) is 33.4. The maximum absolute atomic E-state index is 12.6. The molecule has 0 rings (SSSR count). The molecule has 2 atom stereocenters. The number of nitrogens with zero attached hydrogens (tertiary/aromatic N) is 1. The first-order chi connectivity index (χ1) is 25.0. The van der Waals surface area contributed by atoms with Crippen molar-refractivity contribution in [2.45, 2.75) is 161 Å². The molecule has 0 radical (unpaired) electrons. The van der Waals surface area contributed by atoms with Crippen LogP contribution < -0.4 is 0 Å². The van der Waals surface area contributed by atoms with Crippen LogP contribution in [0, 0.1) is 0 Å². The van der Waals surface area contributed by atoms with Crippen molar-refractivity contribution in [2.24, 2.45) is 0 Å². The fraction of sp³-hybridized carbons (Fsp3) is 0.762. The molecule has 52 heavy (non-hydrogen) atoms. The van der Waals surface area contributed by atoms with Crippen LogP contribution in [0.25, 0.3) is 0 Å². The van der Waals surface area contributed by atoms with E-state index in [0.717, 1.165) is 38.5 Å². The molecule has 1 unspecified atom stereocenters. The molecule has 1 N–H and O–H groups in total. The molecule has 0 saturated carbocycles. The lowest BCUT2D eigenvalue weighted by atomic mass is 10.1. The summed E-state index contributed by atoms with van der Waals surface area (Å²) in [6.07, 6.45) is 38.8. The summed E-state index contributed by atoms with van der Waals surface area (Å²) < 4.78 is 34.1. The number of ether oxygens (including phenoxy) is 2. The number of unbranched alkanes of at least 4 members (excludes halogenated alkanes) is 14. The highest BCUT2D eigenvalue weighted by Gasteiger charge is 2.27. The van der Waals surface area contributed by atoms with E-state index in [4.69, 9.17) is 18.5 Å². The molecule has 302 valence electrons. The molecule has 0 saturated heterocycles. The van der Waals surface area contributed by atoms with Gasteiger partial charge in [0.25, 0.3) is 0 Å². The zero-order chi connectivity index (χ0) is 38.6. The van der Waals surface area contributed by atoms with Crippen LogP contribution in [0.2, 0.25) is 0 Å². The van der Waals surface area contributed by atoms with E-state index in [1.165, 1.54) is 77.0 Å². The minimum Gasteiger partial charge on any atom is -0.462 e. The first-order valence-electron chi connectivity index (χ1n) is 20.4. The van der Waals surface area contributed by atoms with Crippen LogP contribution in [0.4, 0.5) is 0 Å². The normalized spacial score (nSPS) is 14.2. The third-order valence-corrected chi connectivity index (χ3v) is 9.35. The van der Waals surface area contributed by atoms with Crippen LogP contribution in [0.5, 0.6) is 0 Å². The molecule has 10 heteroatoms. The van der Waals surface area contributed by atoms with E-state index < -0.39 is 26.5 Å². The average molecular weight is 755 g/mol. The standard InChI is InChI=1S/C42H76NO8P/c1-6-8-10-12-14-16-18-19-20-21-22-23-25-27-29-31-33-35-42(45)51-40(39-50-52(46,47)49-37-36-43(3,4)5)38-48-41(44)34-32-30-28-26-24-17-15-13-11-9-7-2/h14,16,19-20,22-23,27,29,40H,6-13,15,17-18,21,24-26,28,30-39H2,1-5H3/p+1/b16-14-,20-19-,23-22-,29-27-/t40-/m1/s1. The molecule has 0 heterocycles. The van der Waals surface area contributed by atoms with Gasteiger partial charge in [0, 0.05) is 12.8 Å². The van der Waals surface area contributed by atoms with Gasteiger partial charge in [-0.1, -0.05) is 140 Å². The summed E-state index contributed by atoms with van der Waals surface area (Å²) in [6.45, 7) is 4.30. The number of hydrogen-bond donors (Lipinski definition) is 1. The van der Waals surface area contributed by atoms with Gasteiger partial charge in [-0.25, -0.2) is 4.57 Å². The number of hydrogen-bond acceptors (Lipinski definition) is 7. The molecule has 0 aliphatic rings. The zero-order valence-corrected chi connectivity index (χ0v) is 34.7. The highest BCUT2D eigenvalue weighted by atomic mass is 31.2. The quantitative estimate of drug-likeness (QED) is 0.0221. The molecule has 0 amide bonds. The molecule has 0 spiro atoms. The second-order valence-corrected chi connectivity index (χ2v) is 16.1. The highest BCUT2D eigenvalue weighted by Crippen LogP contribution is 2.43. The van der Waals surface area contributed by atoms with Gasteiger partial charge in [0.2, 0.25) is 0 Å². The first kappa shape index (κ1) is 50.0. The number of likely N-dealkylation sites (N-methyl/N-ethyl adjacent to an activating group) is 1. The van der Waals surface area contributed by atoms with Gasteiger partial charge in [0.05, 0.1) is 27.7 Å². The summed E-state index contributed by atoms with van der Waals surface area (Å²) in [7, 11) is 1.44. The van der Waals surface area contributed by atoms with Gasteiger partial charge in [0.15, 0.2) is 6.10 Å². The molecule has 0 fully saturated rings. The molecule has 0 aromatic heterocycles. The molecular formula is C42H77NO8P+. The summed E-state index contributed by atoms with van der Waals surface area (Å²) in [5.74, 6) is -0.867. The largest absolute Gasteiger partial charge is 0.472 e. The number of carbonyl (C=O) groups is 2. The predicted octanol–water partition coefficient (Wildman–Crippen LogP) is 11.1. The fourth-order valence-electron chi connectivity index (χ4n) is 5.12. The van der Waals surface area contributed by atoms with Gasteiger partial charge >= 0.3 is 19.8 Å². The van der Waals surface area contributed by atoms with Crippen LogP contribution in [0.1, 0.15) is 155 Å². The highest BCUT2D eigenvalue weighted by molar-refractivity contribution is 7.47. The van der Waals surface area contributed by atoms with Crippen LogP contribution in [-0.4, -0.2) is 74.9 Å². The van der Waals surface area contributed by atoms with Crippen molar-refractivity contribution in [1.82, 2.24) is 0 Å². The van der Waals surface area contributed by atoms with E-state index in [9.17, 15) is 19.0 Å². The summed E-state index contributed by atoms with van der Waals surface area (Å²) in [5.41, 5.74) is 0. The number of esters is 2. The summed E-state index contributed by atoms with van der Waals surface area (Å²) in [6, 6.07) is 0. The van der Waals surface area contributed by atoms with Gasteiger partial charge in [0.1, 0.15) is 19.8 Å². The van der Waals surface area contributed by atoms with Crippen LogP contribution >= 0.6 is 7.82 Å². The average Bonchev–Trinajstić information content (AvgIpc) is 3.09. The van der Waals surface area contributed by atoms with Crippen molar-refractivity contribution in [3.63, 3.8) is 0 Å². The zero-order valence-electron chi connectivity index (χ0n) is 33.8. The lowest BCUT2D eigenvalue weighted by Crippen LogP contribution is -2.37. The third kappa shape index (κ3) is 37.7. The van der Waals surface area contributed by atoms with Crippen molar-refractivity contribution in [2.75, 3.05) is 47.5 Å². The van der Waals surface area contributed by atoms with Gasteiger partial charge in [-0.2, -0.15) is 0 Å². The maximum atomic E-state index is 12.6. The molecule has 0 bridgehead atoms. The van der Waals surface area contributed by atoms with E-state index in [0.29, 0.717) is 23.9 Å². The minimum atomic E-state index is -4.38. The van der Waals surface area contributed by atoms with E-state index in [2.05, 4.69) is 56.4 Å². The number of rotatable bonds is 36. The predicted molar refractivity (Wildman–Crippen MR) is 215 cm³/mol. The SMILES string of the molecule is CCCCC/C=C\C/C=C\C/C=C\C/C=C\CCCC(=O)O[C@H](COC(=O)CCCCCCCCCCCCC)COP(=O)(O)OCC[N+](C)(C)C. The van der Waals surface area contributed by atoms with Crippen molar-refractivity contribution in [3.05, 3.63) is 48.6 Å². The molecule has 0 aliphatic carbocycles. The number of quaternary nitrogens is 1. The van der Waals surface area contributed by atoms with Gasteiger partial charge in [-0.05, 0) is 51.4 Å². The van der Waals surface area contributed by atoms with Crippen molar-refractivity contribution in [3.8, 4) is 0 Å². The summed E-state index contributed by atoms with van der Waals surface area (Å²) in [5, 5.41) is 0. The van der Waals surface area contributed by atoms with Gasteiger partial charge < -0.3 is 18.9 Å². The third-order valence-electron chi connectivity index (χ3n) is 8.36. The fourth-order valence-corrected chi connectivity index (χ4v) is 5.86. The Balaban J connectivity index is 4.52. The number of carbonyl (C=O) groups excluding carboxylic acids is 2. The Morgan fingerprint density at radius 1 is 0.596 bits per heavy atom. The van der Waals surface area contributed by atoms with Crippen molar-refractivity contribution >= 4 is 19.8 Å². The Hall–Kier alpha value is -2.03. The topological polar surface area (TPSA) is 108 Å². The molecule has 0 aromatic carbocycles. The van der Waals surface area contributed by atoms with Crippen LogP contribution in [-0.2, 0) is 32.7 Å². The Morgan fingerprint density at radius 3 is 1.60 bits per heavy atom. The summed E-state index contributed by atoms with van der Waals surface area (Å²) >= 11 is 0. The van der Waals surface area contributed by atoms with E-state index in [1.54, 1.807) is 0 Å². The Bertz CT molecular complexity index is 1030. The lowest BCUT2D eigenvalue weighted by Gasteiger charge is -2.24. The number of phosphoric ester groups is 1. The van der Waals surface area contributed by atoms with Gasteiger partial charge in [-0.15, -0.1) is 0 Å². The Morgan fingerprint density at radius 2 is 1.06 bits per heavy atom. The second-order valence-electron chi connectivity index (χ2n) is 14.7. The van der Waals surface area contributed by atoms with Crippen LogP contribution in [0.3, 0.4) is 0 Å². The smallest absolute Gasteiger partial charge is 0.462 e. The monoisotopic (exact) mass is 755 g/mol. The van der Waals surface area contributed by atoms with E-state index in [-0.39, 0.29) is 32.0 Å². The molecule has 0 aromatic rings. The lowest BCUT2D eigenvalue weighted by molar-refractivity contribution is -0.870. The van der Waals surface area contributed by atoms with Crippen LogP contribution in [0.15, 0.2) is 48.6 Å². The molecule has 9 nitrogen and oxygen atoms in total. The van der Waals surface area contributed by atoms with Gasteiger partial charge in [-0.3, -0.25) is 18.6 Å². The number of allylic oxidation sites excluding steroid dienone is 8.